The zero-order chi connectivity index (χ0) is 9.52. The minimum atomic E-state index is 0.780. The van der Waals surface area contributed by atoms with Crippen LogP contribution >= 0.6 is 0 Å². The third-order valence-corrected chi connectivity index (χ3v) is 1.96. The Hall–Kier alpha value is -1.02. The first-order valence-electron chi connectivity index (χ1n) is 4.69. The first kappa shape index (κ1) is 10.1. The Balaban J connectivity index is 2.66. The van der Waals surface area contributed by atoms with Crippen molar-refractivity contribution in [2.24, 2.45) is 0 Å². The van der Waals surface area contributed by atoms with Gasteiger partial charge in [-0.1, -0.05) is 18.2 Å². The average Bonchev–Trinajstić information content (AvgIpc) is 2.17. The summed E-state index contributed by atoms with van der Waals surface area (Å²) in [6.45, 7) is 3.85. The number of rotatable bonds is 5. The number of hydrogen-bond acceptors (Lipinski definition) is 2. The van der Waals surface area contributed by atoms with Gasteiger partial charge in [-0.2, -0.15) is 0 Å². The molecular formula is C11H17NO. The maximum absolute atomic E-state index is 5.05. The van der Waals surface area contributed by atoms with Crippen LogP contribution in [0.15, 0.2) is 24.3 Å². The largest absolute Gasteiger partial charge is 0.385 e. The van der Waals surface area contributed by atoms with E-state index in [1.165, 1.54) is 11.3 Å². The normalized spacial score (nSPS) is 10.0. The lowest BCUT2D eigenvalue weighted by Gasteiger charge is -2.09. The molecular weight excluding hydrogens is 162 g/mol. The van der Waals surface area contributed by atoms with Crippen molar-refractivity contribution in [1.82, 2.24) is 0 Å². The molecule has 2 heteroatoms. The Labute approximate surface area is 79.9 Å². The highest BCUT2D eigenvalue weighted by atomic mass is 16.5. The number of para-hydroxylation sites is 1. The fraction of sp³-hybridized carbons (Fsp3) is 0.455. The number of anilines is 1. The summed E-state index contributed by atoms with van der Waals surface area (Å²) in [7, 11) is 1.73. The SMILES string of the molecule is CCNc1ccccc1CCOC. The Bertz CT molecular complexity index is 248. The number of ether oxygens (including phenoxy) is 1. The van der Waals surface area contributed by atoms with Crippen LogP contribution in [-0.4, -0.2) is 20.3 Å². The molecule has 0 aliphatic rings. The van der Waals surface area contributed by atoms with E-state index in [1.54, 1.807) is 7.11 Å². The molecule has 0 aliphatic heterocycles. The second-order valence-electron chi connectivity index (χ2n) is 2.93. The first-order chi connectivity index (χ1) is 6.38. The number of benzene rings is 1. The van der Waals surface area contributed by atoms with Crippen LogP contribution in [0.25, 0.3) is 0 Å². The van der Waals surface area contributed by atoms with Crippen LogP contribution in [0.2, 0.25) is 0 Å². The Morgan fingerprint density at radius 1 is 1.31 bits per heavy atom. The topological polar surface area (TPSA) is 21.3 Å². The fourth-order valence-corrected chi connectivity index (χ4v) is 1.31. The minimum absolute atomic E-state index is 0.780. The van der Waals surface area contributed by atoms with Gasteiger partial charge in [-0.25, -0.2) is 0 Å². The summed E-state index contributed by atoms with van der Waals surface area (Å²) in [4.78, 5) is 0. The molecule has 1 aromatic rings. The van der Waals surface area contributed by atoms with Crippen LogP contribution in [0.5, 0.6) is 0 Å². The highest BCUT2D eigenvalue weighted by molar-refractivity contribution is 5.50. The predicted molar refractivity (Wildman–Crippen MR) is 56.2 cm³/mol. The van der Waals surface area contributed by atoms with Gasteiger partial charge in [0.15, 0.2) is 0 Å². The van der Waals surface area contributed by atoms with Gasteiger partial charge in [-0.15, -0.1) is 0 Å². The van der Waals surface area contributed by atoms with E-state index in [1.807, 2.05) is 6.07 Å². The van der Waals surface area contributed by atoms with Crippen molar-refractivity contribution in [2.75, 3.05) is 25.6 Å². The molecule has 0 fully saturated rings. The van der Waals surface area contributed by atoms with Gasteiger partial charge >= 0.3 is 0 Å². The van der Waals surface area contributed by atoms with Gasteiger partial charge in [-0.3, -0.25) is 0 Å². The highest BCUT2D eigenvalue weighted by Gasteiger charge is 1.98. The van der Waals surface area contributed by atoms with Crippen LogP contribution in [0.4, 0.5) is 5.69 Å². The fourth-order valence-electron chi connectivity index (χ4n) is 1.31. The molecule has 0 aromatic heterocycles. The summed E-state index contributed by atoms with van der Waals surface area (Å²) in [5.41, 5.74) is 2.55. The van der Waals surface area contributed by atoms with Crippen molar-refractivity contribution in [2.45, 2.75) is 13.3 Å². The molecule has 0 amide bonds. The smallest absolute Gasteiger partial charge is 0.0503 e. The molecule has 1 aromatic carbocycles. The monoisotopic (exact) mass is 179 g/mol. The maximum atomic E-state index is 5.05. The summed E-state index contributed by atoms with van der Waals surface area (Å²) in [6.07, 6.45) is 0.972. The van der Waals surface area contributed by atoms with Crippen molar-refractivity contribution in [1.29, 1.82) is 0 Å². The van der Waals surface area contributed by atoms with Crippen LogP contribution < -0.4 is 5.32 Å². The van der Waals surface area contributed by atoms with Gasteiger partial charge in [0.1, 0.15) is 0 Å². The van der Waals surface area contributed by atoms with E-state index < -0.39 is 0 Å². The van der Waals surface area contributed by atoms with Gasteiger partial charge in [-0.05, 0) is 25.0 Å². The summed E-state index contributed by atoms with van der Waals surface area (Å²) in [5.74, 6) is 0. The standard InChI is InChI=1S/C11H17NO/c1-3-12-11-7-5-4-6-10(11)8-9-13-2/h4-7,12H,3,8-9H2,1-2H3. The summed E-state index contributed by atoms with van der Waals surface area (Å²) in [5, 5.41) is 3.33. The lowest BCUT2D eigenvalue weighted by atomic mass is 10.1. The van der Waals surface area contributed by atoms with Crippen LogP contribution in [-0.2, 0) is 11.2 Å². The van der Waals surface area contributed by atoms with Gasteiger partial charge in [0, 0.05) is 19.3 Å². The lowest BCUT2D eigenvalue weighted by Crippen LogP contribution is -2.02. The predicted octanol–water partition coefficient (Wildman–Crippen LogP) is 2.31. The van der Waals surface area contributed by atoms with E-state index in [2.05, 4.69) is 30.4 Å². The van der Waals surface area contributed by atoms with E-state index in [0.29, 0.717) is 0 Å². The molecule has 0 unspecified atom stereocenters. The molecule has 1 rings (SSSR count). The molecule has 72 valence electrons. The quantitative estimate of drug-likeness (QED) is 0.749. The van der Waals surface area contributed by atoms with E-state index in [-0.39, 0.29) is 0 Å². The molecule has 0 spiro atoms. The minimum Gasteiger partial charge on any atom is -0.385 e. The molecule has 0 heterocycles. The van der Waals surface area contributed by atoms with E-state index in [9.17, 15) is 0 Å². The summed E-state index contributed by atoms with van der Waals surface area (Å²) in [6, 6.07) is 8.35. The summed E-state index contributed by atoms with van der Waals surface area (Å²) >= 11 is 0. The Kier molecular flexibility index (Phi) is 4.33. The third-order valence-electron chi connectivity index (χ3n) is 1.96. The lowest BCUT2D eigenvalue weighted by molar-refractivity contribution is 0.202. The molecule has 2 nitrogen and oxygen atoms in total. The number of nitrogens with one attached hydrogen (secondary N) is 1. The third kappa shape index (κ3) is 3.07. The van der Waals surface area contributed by atoms with Crippen LogP contribution in [0.3, 0.4) is 0 Å². The van der Waals surface area contributed by atoms with Crippen molar-refractivity contribution < 1.29 is 4.74 Å². The zero-order valence-corrected chi connectivity index (χ0v) is 8.34. The van der Waals surface area contributed by atoms with E-state index >= 15 is 0 Å². The van der Waals surface area contributed by atoms with Gasteiger partial charge < -0.3 is 10.1 Å². The van der Waals surface area contributed by atoms with Crippen molar-refractivity contribution in [3.8, 4) is 0 Å². The van der Waals surface area contributed by atoms with Gasteiger partial charge in [0.05, 0.1) is 6.61 Å². The van der Waals surface area contributed by atoms with Gasteiger partial charge in [0.25, 0.3) is 0 Å². The molecule has 1 N–H and O–H groups in total. The molecule has 0 aliphatic carbocycles. The van der Waals surface area contributed by atoms with Crippen LogP contribution in [0, 0.1) is 0 Å². The van der Waals surface area contributed by atoms with Gasteiger partial charge in [0.2, 0.25) is 0 Å². The zero-order valence-electron chi connectivity index (χ0n) is 8.34. The number of methoxy groups -OCH3 is 1. The summed E-state index contributed by atoms with van der Waals surface area (Å²) < 4.78 is 5.05. The van der Waals surface area contributed by atoms with E-state index in [0.717, 1.165) is 19.6 Å². The second-order valence-corrected chi connectivity index (χ2v) is 2.93. The second kappa shape index (κ2) is 5.60. The Morgan fingerprint density at radius 2 is 2.08 bits per heavy atom. The molecule has 0 radical (unpaired) electrons. The average molecular weight is 179 g/mol. The van der Waals surface area contributed by atoms with Crippen molar-refractivity contribution in [3.05, 3.63) is 29.8 Å². The van der Waals surface area contributed by atoms with E-state index in [4.69, 9.17) is 4.74 Å². The van der Waals surface area contributed by atoms with Crippen molar-refractivity contribution >= 4 is 5.69 Å². The molecule has 0 bridgehead atoms. The highest BCUT2D eigenvalue weighted by Crippen LogP contribution is 2.14. The Morgan fingerprint density at radius 3 is 2.77 bits per heavy atom. The number of hydrogen-bond donors (Lipinski definition) is 1. The molecule has 0 saturated heterocycles. The van der Waals surface area contributed by atoms with Crippen molar-refractivity contribution in [3.63, 3.8) is 0 Å². The molecule has 0 saturated carbocycles. The molecule has 13 heavy (non-hydrogen) atoms. The maximum Gasteiger partial charge on any atom is 0.0503 e. The first-order valence-corrected chi connectivity index (χ1v) is 4.69. The van der Waals surface area contributed by atoms with Crippen LogP contribution in [0.1, 0.15) is 12.5 Å². The molecule has 0 atom stereocenters.